The molecule has 6 heteroatoms. The number of rotatable bonds is 8. The van der Waals surface area contributed by atoms with Crippen molar-refractivity contribution in [3.8, 4) is 11.5 Å². The second-order valence-corrected chi connectivity index (χ2v) is 8.99. The molecule has 158 valence electrons. The van der Waals surface area contributed by atoms with Crippen molar-refractivity contribution >= 4 is 17.7 Å². The van der Waals surface area contributed by atoms with E-state index >= 15 is 0 Å². The zero-order chi connectivity index (χ0) is 20.6. The molecule has 2 heterocycles. The number of nitrogens with zero attached hydrogens (tertiary/aromatic N) is 3. The minimum Gasteiger partial charge on any atom is -0.353 e. The summed E-state index contributed by atoms with van der Waals surface area (Å²) < 4.78 is 4.09. The van der Waals surface area contributed by atoms with Crippen molar-refractivity contribution in [2.24, 2.45) is 0 Å². The lowest BCUT2D eigenvalue weighted by Crippen LogP contribution is -2.34. The van der Waals surface area contributed by atoms with Gasteiger partial charge >= 0.3 is 0 Å². The number of hydrogen-bond acceptors (Lipinski definition) is 3. The second-order valence-electron chi connectivity index (χ2n) is 7.89. The van der Waals surface area contributed by atoms with E-state index in [0.29, 0.717) is 12.5 Å². The Morgan fingerprint density at radius 2 is 1.77 bits per heavy atom. The molecule has 1 N–H and O–H groups in total. The van der Waals surface area contributed by atoms with Crippen molar-refractivity contribution < 1.29 is 4.79 Å². The number of aromatic nitrogens is 3. The molecule has 5 nitrogen and oxygen atoms in total. The fraction of sp³-hybridized carbons (Fsp3) is 0.417. The molecule has 2 aromatic heterocycles. The zero-order valence-electron chi connectivity index (χ0n) is 17.4. The van der Waals surface area contributed by atoms with Crippen LogP contribution in [-0.4, -0.2) is 32.0 Å². The monoisotopic (exact) mass is 422 g/mol. The predicted molar refractivity (Wildman–Crippen MR) is 123 cm³/mol. The highest BCUT2D eigenvalue weighted by atomic mass is 32.2. The van der Waals surface area contributed by atoms with Gasteiger partial charge in [0.2, 0.25) is 5.91 Å². The zero-order valence-corrected chi connectivity index (χ0v) is 18.2. The highest BCUT2D eigenvalue weighted by Crippen LogP contribution is 2.24. The second kappa shape index (κ2) is 10.5. The van der Waals surface area contributed by atoms with Crippen molar-refractivity contribution in [1.82, 2.24) is 19.7 Å². The molecule has 1 aromatic carbocycles. The molecule has 4 rings (SSSR count). The third kappa shape index (κ3) is 5.36. The Labute approximate surface area is 182 Å². The first-order valence-electron chi connectivity index (χ1n) is 10.9. The SMILES string of the molecule is O=C(CCSCc1cnn(-c2ccccc2)c1-n1cccc1)NC1CCCCCC1. The molecule has 1 aliphatic carbocycles. The van der Waals surface area contributed by atoms with Gasteiger partial charge in [0.25, 0.3) is 0 Å². The minimum atomic E-state index is 0.194. The summed E-state index contributed by atoms with van der Waals surface area (Å²) in [5.74, 6) is 2.90. The Morgan fingerprint density at radius 3 is 2.50 bits per heavy atom. The number of carbonyl (C=O) groups excluding carboxylic acids is 1. The summed E-state index contributed by atoms with van der Waals surface area (Å²) in [5.41, 5.74) is 2.21. The maximum absolute atomic E-state index is 12.3. The van der Waals surface area contributed by atoms with Gasteiger partial charge in [-0.25, -0.2) is 4.68 Å². The van der Waals surface area contributed by atoms with Crippen molar-refractivity contribution in [3.05, 3.63) is 66.6 Å². The molecule has 0 aliphatic heterocycles. The van der Waals surface area contributed by atoms with Crippen LogP contribution in [0.25, 0.3) is 11.5 Å². The van der Waals surface area contributed by atoms with Crippen molar-refractivity contribution in [2.75, 3.05) is 5.75 Å². The normalized spacial score (nSPS) is 15.1. The first-order valence-corrected chi connectivity index (χ1v) is 12.1. The Kier molecular flexibility index (Phi) is 7.29. The van der Waals surface area contributed by atoms with Gasteiger partial charge in [0.1, 0.15) is 5.82 Å². The molecule has 0 bridgehead atoms. The van der Waals surface area contributed by atoms with E-state index in [1.165, 1.54) is 31.2 Å². The summed E-state index contributed by atoms with van der Waals surface area (Å²) in [6.07, 6.45) is 14.0. The van der Waals surface area contributed by atoms with E-state index in [2.05, 4.69) is 27.1 Å². The number of nitrogens with one attached hydrogen (secondary N) is 1. The van der Waals surface area contributed by atoms with Crippen molar-refractivity contribution in [3.63, 3.8) is 0 Å². The van der Waals surface area contributed by atoms with Crippen LogP contribution in [0.2, 0.25) is 0 Å². The number of thioether (sulfide) groups is 1. The van der Waals surface area contributed by atoms with Crippen LogP contribution in [0, 0.1) is 0 Å². The summed E-state index contributed by atoms with van der Waals surface area (Å²) >= 11 is 1.79. The summed E-state index contributed by atoms with van der Waals surface area (Å²) in [6.45, 7) is 0. The molecule has 30 heavy (non-hydrogen) atoms. The highest BCUT2D eigenvalue weighted by molar-refractivity contribution is 7.98. The van der Waals surface area contributed by atoms with Gasteiger partial charge in [-0.15, -0.1) is 0 Å². The molecule has 0 atom stereocenters. The molecule has 1 fully saturated rings. The van der Waals surface area contributed by atoms with Gasteiger partial charge in [0, 0.05) is 41.9 Å². The number of carbonyl (C=O) groups is 1. The fourth-order valence-electron chi connectivity index (χ4n) is 4.06. The number of amides is 1. The molecular weight excluding hydrogens is 392 g/mol. The van der Waals surface area contributed by atoms with Crippen LogP contribution in [0.1, 0.15) is 50.5 Å². The maximum Gasteiger partial charge on any atom is 0.221 e. The summed E-state index contributed by atoms with van der Waals surface area (Å²) in [6, 6.07) is 14.6. The van der Waals surface area contributed by atoms with E-state index in [9.17, 15) is 4.79 Å². The molecule has 3 aromatic rings. The first kappa shape index (κ1) is 20.8. The quantitative estimate of drug-likeness (QED) is 0.405. The smallest absolute Gasteiger partial charge is 0.221 e. The lowest BCUT2D eigenvalue weighted by molar-refractivity contribution is -0.121. The van der Waals surface area contributed by atoms with E-state index in [0.717, 1.165) is 35.9 Å². The Balaban J connectivity index is 1.34. The molecular formula is C24H30N4OS. The Hall–Kier alpha value is -2.47. The standard InChI is InChI=1S/C24H30N4OS/c29-23(26-21-10-4-1-2-5-11-21)14-17-30-19-20-18-25-28(22-12-6-3-7-13-22)24(20)27-15-8-9-16-27/h3,6-9,12-13,15-16,18,21H,1-2,4-5,10-11,14,17,19H2,(H,26,29). The summed E-state index contributed by atoms with van der Waals surface area (Å²) in [5, 5.41) is 7.89. The van der Waals surface area contributed by atoms with Crippen molar-refractivity contribution in [2.45, 2.75) is 56.7 Å². The van der Waals surface area contributed by atoms with Crippen LogP contribution in [0.3, 0.4) is 0 Å². The fourth-order valence-corrected chi connectivity index (χ4v) is 4.95. The van der Waals surface area contributed by atoms with Crippen LogP contribution in [0.5, 0.6) is 0 Å². The lowest BCUT2D eigenvalue weighted by atomic mass is 10.1. The van der Waals surface area contributed by atoms with Gasteiger partial charge < -0.3 is 9.88 Å². The number of hydrogen-bond donors (Lipinski definition) is 1. The molecule has 0 spiro atoms. The maximum atomic E-state index is 12.3. The molecule has 1 aliphatic rings. The van der Waals surface area contributed by atoms with Crippen molar-refractivity contribution in [1.29, 1.82) is 0 Å². The van der Waals surface area contributed by atoms with Crippen LogP contribution >= 0.6 is 11.8 Å². The number of benzene rings is 1. The average Bonchev–Trinajstić information content (AvgIpc) is 3.37. The largest absolute Gasteiger partial charge is 0.353 e. The van der Waals surface area contributed by atoms with Crippen LogP contribution in [0.4, 0.5) is 0 Å². The van der Waals surface area contributed by atoms with E-state index in [1.54, 1.807) is 11.8 Å². The van der Waals surface area contributed by atoms with Gasteiger partial charge in [0.15, 0.2) is 0 Å². The van der Waals surface area contributed by atoms with E-state index in [4.69, 9.17) is 0 Å². The van der Waals surface area contributed by atoms with Crippen LogP contribution < -0.4 is 5.32 Å². The molecule has 1 saturated carbocycles. The first-order chi connectivity index (χ1) is 14.8. The third-order valence-corrected chi connectivity index (χ3v) is 6.63. The van der Waals surface area contributed by atoms with Gasteiger partial charge in [-0.05, 0) is 37.1 Å². The highest BCUT2D eigenvalue weighted by Gasteiger charge is 2.16. The molecule has 0 unspecified atom stereocenters. The lowest BCUT2D eigenvalue weighted by Gasteiger charge is -2.16. The minimum absolute atomic E-state index is 0.194. The number of para-hydroxylation sites is 1. The predicted octanol–water partition coefficient (Wildman–Crippen LogP) is 5.13. The van der Waals surface area contributed by atoms with Gasteiger partial charge in [-0.2, -0.15) is 16.9 Å². The summed E-state index contributed by atoms with van der Waals surface area (Å²) in [7, 11) is 0. The van der Waals surface area contributed by atoms with Crippen LogP contribution in [0.15, 0.2) is 61.1 Å². The van der Waals surface area contributed by atoms with Crippen LogP contribution in [-0.2, 0) is 10.5 Å². The van der Waals surface area contributed by atoms with E-state index < -0.39 is 0 Å². The molecule has 0 saturated heterocycles. The van der Waals surface area contributed by atoms with E-state index in [-0.39, 0.29) is 5.91 Å². The third-order valence-electron chi connectivity index (χ3n) is 5.62. The molecule has 0 radical (unpaired) electrons. The van der Waals surface area contributed by atoms with Gasteiger partial charge in [-0.1, -0.05) is 43.9 Å². The summed E-state index contributed by atoms with van der Waals surface area (Å²) in [4.78, 5) is 12.3. The Bertz CT molecular complexity index is 912. The van der Waals surface area contributed by atoms with Gasteiger partial charge in [-0.3, -0.25) is 4.79 Å². The van der Waals surface area contributed by atoms with Gasteiger partial charge in [0.05, 0.1) is 11.9 Å². The average molecular weight is 423 g/mol. The van der Waals surface area contributed by atoms with E-state index in [1.807, 2.05) is 53.6 Å². The topological polar surface area (TPSA) is 51.9 Å². The Morgan fingerprint density at radius 1 is 1.03 bits per heavy atom. The molecule has 1 amide bonds.